The second-order valence-corrected chi connectivity index (χ2v) is 7.68. The number of imide groups is 1. The Morgan fingerprint density at radius 3 is 2.24 bits per heavy atom. The first-order chi connectivity index (χ1) is 16.4. The quantitative estimate of drug-likeness (QED) is 0.488. The predicted octanol–water partition coefficient (Wildman–Crippen LogP) is 4.81. The highest BCUT2D eigenvalue weighted by Gasteiger charge is 2.37. The molecule has 0 atom stereocenters. The van der Waals surface area contributed by atoms with Crippen LogP contribution in [0.25, 0.3) is 0 Å². The Labute approximate surface area is 201 Å². The van der Waals surface area contributed by atoms with Crippen molar-refractivity contribution in [3.05, 3.63) is 76.3 Å². The van der Waals surface area contributed by atoms with E-state index in [0.717, 1.165) is 4.90 Å². The molecule has 0 unspecified atom stereocenters. The van der Waals surface area contributed by atoms with Crippen LogP contribution in [0.15, 0.2) is 54.6 Å². The van der Waals surface area contributed by atoms with Crippen LogP contribution in [0.2, 0.25) is 5.02 Å². The van der Waals surface area contributed by atoms with Crippen molar-refractivity contribution in [2.24, 2.45) is 0 Å². The third kappa shape index (κ3) is 4.15. The van der Waals surface area contributed by atoms with Crippen LogP contribution in [0.4, 0.5) is 11.4 Å². The maximum absolute atomic E-state index is 13.1. The molecule has 4 rings (SSSR count). The van der Waals surface area contributed by atoms with Gasteiger partial charge < -0.3 is 19.5 Å². The van der Waals surface area contributed by atoms with Crippen molar-refractivity contribution in [1.82, 2.24) is 0 Å². The molecular weight excluding hydrogens is 460 g/mol. The fraction of sp³-hybridized carbons (Fsp3) is 0.160. The number of rotatable bonds is 7. The number of ether oxygens (including phenoxy) is 3. The number of hydrogen-bond acceptors (Lipinski definition) is 6. The third-order valence-electron chi connectivity index (χ3n) is 5.28. The Morgan fingerprint density at radius 1 is 0.912 bits per heavy atom. The Morgan fingerprint density at radius 2 is 1.59 bits per heavy atom. The molecule has 0 radical (unpaired) electrons. The van der Waals surface area contributed by atoms with Gasteiger partial charge in [-0.25, -0.2) is 4.90 Å². The highest BCUT2D eigenvalue weighted by Crippen LogP contribution is 2.36. The number of fused-ring (bicyclic) bond motifs is 1. The van der Waals surface area contributed by atoms with Gasteiger partial charge in [0.2, 0.25) is 0 Å². The number of benzene rings is 3. The summed E-state index contributed by atoms with van der Waals surface area (Å²) in [5.41, 5.74) is 1.31. The van der Waals surface area contributed by atoms with E-state index in [0.29, 0.717) is 40.3 Å². The number of hydrogen-bond donors (Lipinski definition) is 1. The normalized spacial score (nSPS) is 12.4. The summed E-state index contributed by atoms with van der Waals surface area (Å²) in [6.07, 6.45) is 0. The summed E-state index contributed by atoms with van der Waals surface area (Å²) in [4.78, 5) is 40.0. The summed E-state index contributed by atoms with van der Waals surface area (Å²) in [6.45, 7) is 2.37. The molecule has 0 aromatic heterocycles. The molecule has 1 aliphatic rings. The predicted molar refractivity (Wildman–Crippen MR) is 128 cm³/mol. The van der Waals surface area contributed by atoms with Gasteiger partial charge in [0.15, 0.2) is 0 Å². The minimum Gasteiger partial charge on any atom is -0.495 e. The number of carbonyl (C=O) groups excluding carboxylic acids is 3. The van der Waals surface area contributed by atoms with E-state index in [1.165, 1.54) is 38.5 Å². The van der Waals surface area contributed by atoms with Gasteiger partial charge in [0.1, 0.15) is 17.2 Å². The lowest BCUT2D eigenvalue weighted by Crippen LogP contribution is -2.29. The Kier molecular flexibility index (Phi) is 6.43. The third-order valence-corrected chi connectivity index (χ3v) is 5.57. The van der Waals surface area contributed by atoms with E-state index in [4.69, 9.17) is 25.8 Å². The van der Waals surface area contributed by atoms with Gasteiger partial charge in [0.25, 0.3) is 17.7 Å². The smallest absolute Gasteiger partial charge is 0.266 e. The molecule has 0 saturated carbocycles. The summed E-state index contributed by atoms with van der Waals surface area (Å²) in [5.74, 6) is -0.0854. The second-order valence-electron chi connectivity index (χ2n) is 7.27. The Balaban J connectivity index is 1.60. The number of nitrogens with zero attached hydrogens (tertiary/aromatic N) is 1. The lowest BCUT2D eigenvalue weighted by atomic mass is 10.1. The molecule has 1 heterocycles. The molecule has 1 N–H and O–H groups in total. The first kappa shape index (κ1) is 23.1. The number of amides is 3. The largest absolute Gasteiger partial charge is 0.495 e. The minimum absolute atomic E-state index is 0.145. The monoisotopic (exact) mass is 480 g/mol. The standard InChI is InChI=1S/C25H21ClN2O6/c1-4-34-16-8-6-15(7-9-16)28-24(30)17-10-5-14(11-18(17)25(28)31)23(29)27-20-12-19(26)21(32-2)13-22(20)33-3/h5-13H,4H2,1-3H3,(H,27,29). The van der Waals surface area contributed by atoms with Gasteiger partial charge in [-0.2, -0.15) is 0 Å². The fourth-order valence-electron chi connectivity index (χ4n) is 3.63. The van der Waals surface area contributed by atoms with Gasteiger partial charge in [0, 0.05) is 11.6 Å². The summed E-state index contributed by atoms with van der Waals surface area (Å²) in [5, 5.41) is 3.01. The summed E-state index contributed by atoms with van der Waals surface area (Å²) >= 11 is 6.17. The fourth-order valence-corrected chi connectivity index (χ4v) is 3.87. The van der Waals surface area contributed by atoms with Gasteiger partial charge in [0.05, 0.1) is 48.4 Å². The van der Waals surface area contributed by atoms with Crippen LogP contribution in [0.5, 0.6) is 17.2 Å². The van der Waals surface area contributed by atoms with Gasteiger partial charge in [-0.1, -0.05) is 11.6 Å². The van der Waals surface area contributed by atoms with Crippen LogP contribution in [0.3, 0.4) is 0 Å². The van der Waals surface area contributed by atoms with Gasteiger partial charge in [-0.05, 0) is 55.5 Å². The topological polar surface area (TPSA) is 94.2 Å². The second kappa shape index (κ2) is 9.44. The first-order valence-electron chi connectivity index (χ1n) is 10.4. The average Bonchev–Trinajstić information content (AvgIpc) is 3.09. The molecule has 174 valence electrons. The van der Waals surface area contributed by atoms with Crippen LogP contribution in [0, 0.1) is 0 Å². The van der Waals surface area contributed by atoms with Crippen LogP contribution in [-0.2, 0) is 0 Å². The maximum Gasteiger partial charge on any atom is 0.266 e. The van der Waals surface area contributed by atoms with E-state index in [1.807, 2.05) is 6.92 Å². The van der Waals surface area contributed by atoms with Crippen molar-refractivity contribution < 1.29 is 28.6 Å². The Bertz CT molecular complexity index is 1290. The van der Waals surface area contributed by atoms with Crippen molar-refractivity contribution in [3.8, 4) is 17.2 Å². The minimum atomic E-state index is -0.510. The number of nitrogens with one attached hydrogen (secondary N) is 1. The highest BCUT2D eigenvalue weighted by molar-refractivity contribution is 6.35. The zero-order chi connectivity index (χ0) is 24.4. The molecule has 0 fully saturated rings. The lowest BCUT2D eigenvalue weighted by molar-refractivity contribution is 0.0925. The van der Waals surface area contributed by atoms with E-state index in [9.17, 15) is 14.4 Å². The molecule has 1 aliphatic heterocycles. The molecule has 9 heteroatoms. The van der Waals surface area contributed by atoms with Crippen LogP contribution < -0.4 is 24.4 Å². The summed E-state index contributed by atoms with van der Waals surface area (Å²) < 4.78 is 15.9. The van der Waals surface area contributed by atoms with Crippen molar-refractivity contribution in [3.63, 3.8) is 0 Å². The molecular formula is C25H21ClN2O6. The van der Waals surface area contributed by atoms with E-state index in [-0.39, 0.29) is 16.7 Å². The molecule has 0 bridgehead atoms. The summed E-state index contributed by atoms with van der Waals surface area (Å²) in [7, 11) is 2.92. The number of anilines is 2. The van der Waals surface area contributed by atoms with Crippen molar-refractivity contribution in [1.29, 1.82) is 0 Å². The van der Waals surface area contributed by atoms with Crippen LogP contribution >= 0.6 is 11.6 Å². The molecule has 0 saturated heterocycles. The zero-order valence-corrected chi connectivity index (χ0v) is 19.4. The SMILES string of the molecule is CCOc1ccc(N2C(=O)c3ccc(C(=O)Nc4cc(Cl)c(OC)cc4OC)cc3C2=O)cc1. The average molecular weight is 481 g/mol. The first-order valence-corrected chi connectivity index (χ1v) is 10.7. The number of carbonyl (C=O) groups is 3. The molecule has 3 aromatic rings. The van der Waals surface area contributed by atoms with Gasteiger partial charge >= 0.3 is 0 Å². The van der Waals surface area contributed by atoms with Gasteiger partial charge in [-0.3, -0.25) is 14.4 Å². The van der Waals surface area contributed by atoms with Crippen LogP contribution in [-0.4, -0.2) is 38.5 Å². The molecule has 8 nitrogen and oxygen atoms in total. The van der Waals surface area contributed by atoms with E-state index >= 15 is 0 Å². The van der Waals surface area contributed by atoms with E-state index in [1.54, 1.807) is 30.3 Å². The van der Waals surface area contributed by atoms with Crippen molar-refractivity contribution >= 4 is 40.7 Å². The molecule has 3 amide bonds. The van der Waals surface area contributed by atoms with E-state index in [2.05, 4.69) is 5.32 Å². The molecule has 0 aliphatic carbocycles. The van der Waals surface area contributed by atoms with Crippen LogP contribution in [0.1, 0.15) is 38.0 Å². The molecule has 3 aromatic carbocycles. The van der Waals surface area contributed by atoms with Crippen molar-refractivity contribution in [2.45, 2.75) is 6.92 Å². The number of halogens is 1. The molecule has 34 heavy (non-hydrogen) atoms. The lowest BCUT2D eigenvalue weighted by Gasteiger charge is -2.14. The number of methoxy groups -OCH3 is 2. The zero-order valence-electron chi connectivity index (χ0n) is 18.7. The van der Waals surface area contributed by atoms with E-state index < -0.39 is 17.7 Å². The highest BCUT2D eigenvalue weighted by atomic mass is 35.5. The molecule has 0 spiro atoms. The Hall–Kier alpha value is -4.04. The van der Waals surface area contributed by atoms with Gasteiger partial charge in [-0.15, -0.1) is 0 Å². The van der Waals surface area contributed by atoms with Crippen molar-refractivity contribution in [2.75, 3.05) is 31.0 Å². The summed E-state index contributed by atoms with van der Waals surface area (Å²) in [6, 6.07) is 14.1. The maximum atomic E-state index is 13.1.